The number of urea groups is 1. The molecule has 3 aromatic carbocycles. The van der Waals surface area contributed by atoms with Crippen LogP contribution < -0.4 is 19.7 Å². The summed E-state index contributed by atoms with van der Waals surface area (Å²) in [6.45, 7) is 2.21. The molecule has 0 radical (unpaired) electrons. The molecule has 1 aliphatic rings. The highest BCUT2D eigenvalue weighted by Gasteiger charge is 2.36. The molecule has 4 rings (SSSR count). The third-order valence-corrected chi connectivity index (χ3v) is 6.51. The van der Waals surface area contributed by atoms with E-state index in [9.17, 15) is 18.8 Å². The molecule has 7 nitrogen and oxygen atoms in total. The summed E-state index contributed by atoms with van der Waals surface area (Å²) >= 11 is 2.12. The number of imide groups is 2. The summed E-state index contributed by atoms with van der Waals surface area (Å²) in [5.74, 6) is -0.777. The Labute approximate surface area is 221 Å². The van der Waals surface area contributed by atoms with Gasteiger partial charge in [0.25, 0.3) is 11.8 Å². The lowest BCUT2D eigenvalue weighted by molar-refractivity contribution is -0.122. The number of hydrogen-bond donors (Lipinski definition) is 1. The van der Waals surface area contributed by atoms with Crippen LogP contribution in [0.4, 0.5) is 14.9 Å². The van der Waals surface area contributed by atoms with Gasteiger partial charge in [0.2, 0.25) is 0 Å². The van der Waals surface area contributed by atoms with Gasteiger partial charge in [-0.25, -0.2) is 14.1 Å². The van der Waals surface area contributed by atoms with Gasteiger partial charge in [0.15, 0.2) is 0 Å². The highest BCUT2D eigenvalue weighted by atomic mass is 127. The van der Waals surface area contributed by atoms with Crippen molar-refractivity contribution in [2.24, 2.45) is 0 Å². The fourth-order valence-corrected chi connectivity index (χ4v) is 4.61. The van der Waals surface area contributed by atoms with Crippen molar-refractivity contribution in [2.75, 3.05) is 18.6 Å². The van der Waals surface area contributed by atoms with Gasteiger partial charge in [0.1, 0.15) is 22.9 Å². The lowest BCUT2D eigenvalue weighted by atomic mass is 10.00. The van der Waals surface area contributed by atoms with Gasteiger partial charge in [0, 0.05) is 15.6 Å². The van der Waals surface area contributed by atoms with E-state index in [1.54, 1.807) is 54.6 Å². The summed E-state index contributed by atoms with van der Waals surface area (Å²) in [7, 11) is 1.51. The highest BCUT2D eigenvalue weighted by molar-refractivity contribution is 14.1. The third kappa shape index (κ3) is 5.25. The van der Waals surface area contributed by atoms with Gasteiger partial charge in [-0.1, -0.05) is 18.2 Å². The van der Waals surface area contributed by atoms with Gasteiger partial charge in [-0.15, -0.1) is 0 Å². The van der Waals surface area contributed by atoms with Crippen LogP contribution >= 0.6 is 22.6 Å². The van der Waals surface area contributed by atoms with E-state index in [-0.39, 0.29) is 11.4 Å². The number of amides is 4. The number of nitrogens with one attached hydrogen (secondary N) is 1. The first-order valence-electron chi connectivity index (χ1n) is 11.1. The van der Waals surface area contributed by atoms with Gasteiger partial charge < -0.3 is 9.47 Å². The van der Waals surface area contributed by atoms with Crippen LogP contribution in [0.25, 0.3) is 6.08 Å². The molecule has 0 aliphatic carbocycles. The third-order valence-electron chi connectivity index (χ3n) is 5.55. The van der Waals surface area contributed by atoms with Crippen molar-refractivity contribution < 1.29 is 28.2 Å². The summed E-state index contributed by atoms with van der Waals surface area (Å²) in [5.41, 5.74) is 1.94. The van der Waals surface area contributed by atoms with Crippen molar-refractivity contribution >= 4 is 52.2 Å². The number of anilines is 1. The monoisotopic (exact) mass is 600 g/mol. The lowest BCUT2D eigenvalue weighted by Gasteiger charge is -2.26. The van der Waals surface area contributed by atoms with Crippen LogP contribution in [0.5, 0.6) is 11.5 Å². The molecule has 0 spiro atoms. The summed E-state index contributed by atoms with van der Waals surface area (Å²) in [6, 6.07) is 15.5. The zero-order chi connectivity index (χ0) is 25.8. The largest absolute Gasteiger partial charge is 0.497 e. The molecule has 1 fully saturated rings. The van der Waals surface area contributed by atoms with Crippen molar-refractivity contribution in [1.29, 1.82) is 0 Å². The molecule has 9 heteroatoms. The summed E-state index contributed by atoms with van der Waals surface area (Å²) < 4.78 is 26.0. The van der Waals surface area contributed by atoms with Crippen molar-refractivity contribution in [2.45, 2.75) is 13.3 Å². The molecule has 1 heterocycles. The number of hydrogen-bond acceptors (Lipinski definition) is 5. The Kier molecular flexibility index (Phi) is 7.68. The molecular formula is C27H22FIN2O5. The Morgan fingerprint density at radius 2 is 1.78 bits per heavy atom. The first kappa shape index (κ1) is 25.4. The molecule has 36 heavy (non-hydrogen) atoms. The van der Waals surface area contributed by atoms with E-state index >= 15 is 0 Å². The van der Waals surface area contributed by atoms with Crippen LogP contribution in [0, 0.1) is 9.39 Å². The van der Waals surface area contributed by atoms with E-state index in [4.69, 9.17) is 9.47 Å². The predicted octanol–water partition coefficient (Wildman–Crippen LogP) is 5.09. The van der Waals surface area contributed by atoms with Crippen molar-refractivity contribution in [3.63, 3.8) is 0 Å². The van der Waals surface area contributed by atoms with Crippen LogP contribution in [-0.4, -0.2) is 31.6 Å². The number of halogens is 2. The molecule has 1 N–H and O–H groups in total. The zero-order valence-corrected chi connectivity index (χ0v) is 21.7. The van der Waals surface area contributed by atoms with Crippen molar-refractivity contribution in [3.8, 4) is 11.5 Å². The maximum Gasteiger partial charge on any atom is 0.335 e. The Balaban J connectivity index is 1.71. The normalized spacial score (nSPS) is 14.7. The average Bonchev–Trinajstić information content (AvgIpc) is 2.85. The number of barbiturate groups is 1. The topological polar surface area (TPSA) is 84.9 Å². The number of ether oxygens (including phenoxy) is 2. The first-order valence-corrected chi connectivity index (χ1v) is 12.1. The lowest BCUT2D eigenvalue weighted by Crippen LogP contribution is -2.54. The molecule has 0 saturated carbocycles. The van der Waals surface area contributed by atoms with E-state index in [1.807, 2.05) is 6.92 Å². The Morgan fingerprint density at radius 3 is 2.44 bits per heavy atom. The Hall–Kier alpha value is -3.73. The second-order valence-electron chi connectivity index (χ2n) is 7.84. The van der Waals surface area contributed by atoms with Crippen molar-refractivity contribution in [1.82, 2.24) is 5.32 Å². The van der Waals surface area contributed by atoms with E-state index < -0.39 is 17.8 Å². The maximum atomic E-state index is 14.3. The van der Waals surface area contributed by atoms with Crippen LogP contribution in [0.2, 0.25) is 0 Å². The molecule has 184 valence electrons. The first-order chi connectivity index (χ1) is 17.3. The van der Waals surface area contributed by atoms with Gasteiger partial charge in [0.05, 0.1) is 19.4 Å². The average molecular weight is 600 g/mol. The van der Waals surface area contributed by atoms with Gasteiger partial charge >= 0.3 is 6.03 Å². The number of carbonyl (C=O) groups excluding carboxylic acids is 3. The fraction of sp³-hybridized carbons (Fsp3) is 0.148. The fourth-order valence-electron chi connectivity index (χ4n) is 3.79. The van der Waals surface area contributed by atoms with Crippen LogP contribution in [-0.2, 0) is 16.0 Å². The SMILES string of the molecule is CCOc1cc(/C=C2\C(=O)NC(=O)N(c3ccc(OC)cc3)C2=O)cc(I)c1Cc1ccccc1F. The highest BCUT2D eigenvalue weighted by Crippen LogP contribution is 2.31. The minimum Gasteiger partial charge on any atom is -0.497 e. The number of benzene rings is 3. The Morgan fingerprint density at radius 1 is 1.06 bits per heavy atom. The molecule has 0 aromatic heterocycles. The molecule has 3 aromatic rings. The summed E-state index contributed by atoms with van der Waals surface area (Å²) in [4.78, 5) is 39.2. The maximum absolute atomic E-state index is 14.3. The van der Waals surface area contributed by atoms with E-state index in [2.05, 4.69) is 27.9 Å². The standard InChI is InChI=1S/C27H22FIN2O5/c1-3-36-24-14-16(13-23(29)20(24)15-17-6-4-5-7-22(17)28)12-21-25(32)30-27(34)31(26(21)33)18-8-10-19(35-2)11-9-18/h4-14H,3,15H2,1-2H3,(H,30,32,34)/b21-12+. The number of nitrogens with zero attached hydrogens (tertiary/aromatic N) is 1. The molecule has 0 bridgehead atoms. The summed E-state index contributed by atoms with van der Waals surface area (Å²) in [5, 5.41) is 2.21. The van der Waals surface area contributed by atoms with Crippen LogP contribution in [0.15, 0.2) is 66.2 Å². The summed E-state index contributed by atoms with van der Waals surface area (Å²) in [6.07, 6.45) is 1.73. The smallest absolute Gasteiger partial charge is 0.335 e. The molecule has 0 atom stereocenters. The van der Waals surface area contributed by atoms with E-state index in [0.717, 1.165) is 14.0 Å². The molecule has 1 aliphatic heterocycles. The second-order valence-corrected chi connectivity index (χ2v) is 9.00. The van der Waals surface area contributed by atoms with Crippen molar-refractivity contribution in [3.05, 3.63) is 92.3 Å². The number of methoxy groups -OCH3 is 1. The minimum atomic E-state index is -0.836. The van der Waals surface area contributed by atoms with Gasteiger partial charge in [-0.2, -0.15) is 0 Å². The van der Waals surface area contributed by atoms with Gasteiger partial charge in [-0.3, -0.25) is 14.9 Å². The predicted molar refractivity (Wildman–Crippen MR) is 142 cm³/mol. The molecular weight excluding hydrogens is 578 g/mol. The van der Waals surface area contributed by atoms with Crippen LogP contribution in [0.3, 0.4) is 0 Å². The number of rotatable bonds is 7. The molecule has 4 amide bonds. The van der Waals surface area contributed by atoms with E-state index in [1.165, 1.54) is 19.3 Å². The van der Waals surface area contributed by atoms with Gasteiger partial charge in [-0.05, 0) is 89.2 Å². The molecule has 1 saturated heterocycles. The zero-order valence-electron chi connectivity index (χ0n) is 19.5. The van der Waals surface area contributed by atoms with E-state index in [0.29, 0.717) is 41.3 Å². The number of carbonyl (C=O) groups is 3. The quantitative estimate of drug-likeness (QED) is 0.232. The minimum absolute atomic E-state index is 0.203. The Bertz CT molecular complexity index is 1370. The molecule has 0 unspecified atom stereocenters. The second kappa shape index (κ2) is 10.9. The van der Waals surface area contributed by atoms with Crippen LogP contribution in [0.1, 0.15) is 23.6 Å².